The van der Waals surface area contributed by atoms with E-state index in [0.717, 1.165) is 23.5 Å². The lowest BCUT2D eigenvalue weighted by molar-refractivity contribution is 0.346. The van der Waals surface area contributed by atoms with Gasteiger partial charge in [-0.25, -0.2) is 9.37 Å². The van der Waals surface area contributed by atoms with Crippen molar-refractivity contribution in [1.29, 1.82) is 0 Å². The third kappa shape index (κ3) is 1.98. The Morgan fingerprint density at radius 3 is 2.76 bits per heavy atom. The molecule has 0 amide bonds. The topological polar surface area (TPSA) is 38.9 Å². The van der Waals surface area contributed by atoms with E-state index in [0.29, 0.717) is 17.5 Å². The maximum Gasteiger partial charge on any atom is 0.133 e. The first-order valence-corrected chi connectivity index (χ1v) is 6.58. The van der Waals surface area contributed by atoms with Gasteiger partial charge >= 0.3 is 0 Å². The summed E-state index contributed by atoms with van der Waals surface area (Å²) >= 11 is 1.50. The Kier molecular flexibility index (Phi) is 2.68. The molecule has 1 aromatic heterocycles. The van der Waals surface area contributed by atoms with Crippen molar-refractivity contribution in [3.05, 3.63) is 41.2 Å². The van der Waals surface area contributed by atoms with Gasteiger partial charge in [0.1, 0.15) is 10.8 Å². The first-order valence-electron chi connectivity index (χ1n) is 5.70. The predicted octanol–water partition coefficient (Wildman–Crippen LogP) is 3.15. The van der Waals surface area contributed by atoms with Crippen LogP contribution in [0.4, 0.5) is 4.39 Å². The van der Waals surface area contributed by atoms with Crippen LogP contribution in [0.1, 0.15) is 24.5 Å². The first-order chi connectivity index (χ1) is 8.24. The zero-order valence-electron chi connectivity index (χ0n) is 9.27. The van der Waals surface area contributed by atoms with Crippen molar-refractivity contribution >= 4 is 11.3 Å². The molecule has 1 aliphatic carbocycles. The fraction of sp³-hybridized carbons (Fsp3) is 0.308. The number of rotatable bonds is 2. The Morgan fingerprint density at radius 1 is 1.29 bits per heavy atom. The second-order valence-corrected chi connectivity index (χ2v) is 5.34. The van der Waals surface area contributed by atoms with E-state index in [2.05, 4.69) is 4.98 Å². The maximum absolute atomic E-state index is 13.6. The van der Waals surface area contributed by atoms with Crippen molar-refractivity contribution < 1.29 is 4.39 Å². The number of nitrogens with two attached hydrogens (primary N) is 1. The number of benzene rings is 1. The van der Waals surface area contributed by atoms with Gasteiger partial charge in [0.25, 0.3) is 0 Å². The standard InChI is InChI=1S/C13H13FN2S/c14-11-4-2-1-3-10(11)13-16-12(7-17-13)8-5-9(15)6-8/h1-4,7-9H,5-6,15H2. The highest BCUT2D eigenvalue weighted by molar-refractivity contribution is 7.13. The smallest absolute Gasteiger partial charge is 0.133 e. The van der Waals surface area contributed by atoms with E-state index in [1.165, 1.54) is 17.4 Å². The highest BCUT2D eigenvalue weighted by atomic mass is 32.1. The molecule has 17 heavy (non-hydrogen) atoms. The van der Waals surface area contributed by atoms with Gasteiger partial charge in [0.05, 0.1) is 5.69 Å². The van der Waals surface area contributed by atoms with E-state index < -0.39 is 0 Å². The highest BCUT2D eigenvalue weighted by Crippen LogP contribution is 2.37. The number of hydrogen-bond acceptors (Lipinski definition) is 3. The summed E-state index contributed by atoms with van der Waals surface area (Å²) in [5.41, 5.74) is 7.42. The summed E-state index contributed by atoms with van der Waals surface area (Å²) in [6.45, 7) is 0. The Morgan fingerprint density at radius 2 is 2.06 bits per heavy atom. The quantitative estimate of drug-likeness (QED) is 0.886. The van der Waals surface area contributed by atoms with Gasteiger partial charge in [0.15, 0.2) is 0 Å². The molecule has 2 N–H and O–H groups in total. The number of halogens is 1. The molecule has 2 nitrogen and oxygen atoms in total. The monoisotopic (exact) mass is 248 g/mol. The minimum Gasteiger partial charge on any atom is -0.328 e. The SMILES string of the molecule is NC1CC(c2csc(-c3ccccc3F)n2)C1. The molecular weight excluding hydrogens is 235 g/mol. The van der Waals surface area contributed by atoms with Gasteiger partial charge in [-0.2, -0.15) is 0 Å². The number of aromatic nitrogens is 1. The van der Waals surface area contributed by atoms with E-state index in [1.807, 2.05) is 11.4 Å². The first kappa shape index (κ1) is 10.9. The summed E-state index contributed by atoms with van der Waals surface area (Å²) < 4.78 is 13.6. The summed E-state index contributed by atoms with van der Waals surface area (Å²) in [5, 5.41) is 2.79. The molecule has 2 aromatic rings. The zero-order valence-corrected chi connectivity index (χ0v) is 10.1. The minimum absolute atomic E-state index is 0.210. The molecule has 0 atom stereocenters. The van der Waals surface area contributed by atoms with Gasteiger partial charge in [-0.15, -0.1) is 11.3 Å². The van der Waals surface area contributed by atoms with Crippen LogP contribution in [0, 0.1) is 5.82 Å². The molecule has 0 radical (unpaired) electrons. The lowest BCUT2D eigenvalue weighted by Crippen LogP contribution is -2.34. The molecular formula is C13H13FN2S. The van der Waals surface area contributed by atoms with Gasteiger partial charge in [-0.3, -0.25) is 0 Å². The van der Waals surface area contributed by atoms with Crippen LogP contribution in [0.5, 0.6) is 0 Å². The fourth-order valence-electron chi connectivity index (χ4n) is 2.14. The molecule has 0 saturated heterocycles. The minimum atomic E-state index is -0.210. The van der Waals surface area contributed by atoms with Crippen molar-refractivity contribution in [1.82, 2.24) is 4.98 Å². The summed E-state index contributed by atoms with van der Waals surface area (Å²) in [5.74, 6) is 0.264. The predicted molar refractivity (Wildman–Crippen MR) is 67.5 cm³/mol. The van der Waals surface area contributed by atoms with Crippen LogP contribution in [0.25, 0.3) is 10.6 Å². The second-order valence-electron chi connectivity index (χ2n) is 4.49. The number of hydrogen-bond donors (Lipinski definition) is 1. The molecule has 1 fully saturated rings. The van der Waals surface area contributed by atoms with E-state index >= 15 is 0 Å². The molecule has 1 heterocycles. The van der Waals surface area contributed by atoms with Crippen LogP contribution in [0.2, 0.25) is 0 Å². The van der Waals surface area contributed by atoms with Crippen LogP contribution in [-0.2, 0) is 0 Å². The van der Waals surface area contributed by atoms with E-state index in [-0.39, 0.29) is 5.82 Å². The van der Waals surface area contributed by atoms with Crippen molar-refractivity contribution in [3.8, 4) is 10.6 Å². The second kappa shape index (κ2) is 4.20. The molecule has 0 spiro atoms. The van der Waals surface area contributed by atoms with Crippen molar-refractivity contribution in [2.75, 3.05) is 0 Å². The highest BCUT2D eigenvalue weighted by Gasteiger charge is 2.29. The lowest BCUT2D eigenvalue weighted by Gasteiger charge is -2.30. The summed E-state index contributed by atoms with van der Waals surface area (Å²) in [7, 11) is 0. The van der Waals surface area contributed by atoms with Gasteiger partial charge in [-0.1, -0.05) is 12.1 Å². The van der Waals surface area contributed by atoms with Crippen molar-refractivity contribution in [2.45, 2.75) is 24.8 Å². The van der Waals surface area contributed by atoms with Crippen LogP contribution < -0.4 is 5.73 Å². The Labute approximate surface area is 103 Å². The third-order valence-electron chi connectivity index (χ3n) is 3.22. The van der Waals surface area contributed by atoms with E-state index in [9.17, 15) is 4.39 Å². The fourth-order valence-corrected chi connectivity index (χ4v) is 3.06. The Bertz CT molecular complexity index is 532. The maximum atomic E-state index is 13.6. The normalized spacial score (nSPS) is 23.4. The summed E-state index contributed by atoms with van der Waals surface area (Å²) in [6.07, 6.45) is 2.00. The van der Waals surface area contributed by atoms with Gasteiger partial charge in [0.2, 0.25) is 0 Å². The molecule has 1 aromatic carbocycles. The molecule has 1 saturated carbocycles. The lowest BCUT2D eigenvalue weighted by atomic mass is 9.79. The molecule has 0 bridgehead atoms. The average Bonchev–Trinajstić information content (AvgIpc) is 2.74. The van der Waals surface area contributed by atoms with Crippen LogP contribution in [-0.4, -0.2) is 11.0 Å². The molecule has 3 rings (SSSR count). The third-order valence-corrected chi connectivity index (χ3v) is 4.11. The van der Waals surface area contributed by atoms with Gasteiger partial charge < -0.3 is 5.73 Å². The van der Waals surface area contributed by atoms with Crippen LogP contribution >= 0.6 is 11.3 Å². The van der Waals surface area contributed by atoms with Crippen molar-refractivity contribution in [3.63, 3.8) is 0 Å². The van der Waals surface area contributed by atoms with Gasteiger partial charge in [0, 0.05) is 22.9 Å². The molecule has 1 aliphatic rings. The molecule has 0 aliphatic heterocycles. The average molecular weight is 248 g/mol. The van der Waals surface area contributed by atoms with Crippen molar-refractivity contribution in [2.24, 2.45) is 5.73 Å². The molecule has 88 valence electrons. The Balaban J connectivity index is 1.88. The van der Waals surface area contributed by atoms with Crippen LogP contribution in [0.3, 0.4) is 0 Å². The molecule has 0 unspecified atom stereocenters. The zero-order chi connectivity index (χ0) is 11.8. The summed E-state index contributed by atoms with van der Waals surface area (Å²) in [6, 6.07) is 7.08. The largest absolute Gasteiger partial charge is 0.328 e. The van der Waals surface area contributed by atoms with E-state index in [4.69, 9.17) is 5.73 Å². The molecule has 4 heteroatoms. The van der Waals surface area contributed by atoms with E-state index in [1.54, 1.807) is 12.1 Å². The summed E-state index contributed by atoms with van der Waals surface area (Å²) in [4.78, 5) is 4.52. The number of nitrogens with zero attached hydrogens (tertiary/aromatic N) is 1. The van der Waals surface area contributed by atoms with Crippen LogP contribution in [0.15, 0.2) is 29.6 Å². The number of thiazole rings is 1. The van der Waals surface area contributed by atoms with Gasteiger partial charge in [-0.05, 0) is 25.0 Å². The Hall–Kier alpha value is -1.26.